The molecule has 0 bridgehead atoms. The van der Waals surface area contributed by atoms with E-state index < -0.39 is 26.5 Å². The Morgan fingerprint density at radius 3 is 1.38 bits per heavy atom. The van der Waals surface area contributed by atoms with Crippen LogP contribution in [0.4, 0.5) is 0 Å². The number of likely N-dealkylation sites (N-methyl/N-ethyl adjacent to an activating group) is 1. The maximum absolute atomic E-state index is 12.7. The van der Waals surface area contributed by atoms with Gasteiger partial charge in [-0.2, -0.15) is 0 Å². The zero-order chi connectivity index (χ0) is 44.8. The van der Waals surface area contributed by atoms with Crippen LogP contribution in [0.2, 0.25) is 0 Å². The molecule has 0 amide bonds. The minimum absolute atomic E-state index is 0.00146. The molecule has 2 atom stereocenters. The summed E-state index contributed by atoms with van der Waals surface area (Å²) in [6.07, 6.45) is 54.1. The number of hydrogen-bond donors (Lipinski definition) is 1. The number of rotatable bonds is 45. The van der Waals surface area contributed by atoms with E-state index in [1.54, 1.807) is 0 Å². The molecule has 0 aromatic carbocycles. The molecule has 0 rings (SSSR count). The minimum atomic E-state index is -4.38. The molecule has 0 saturated heterocycles. The van der Waals surface area contributed by atoms with E-state index in [1.165, 1.54) is 116 Å². The van der Waals surface area contributed by atoms with Gasteiger partial charge in [0.25, 0.3) is 0 Å². The van der Waals surface area contributed by atoms with Crippen molar-refractivity contribution in [3.8, 4) is 0 Å². The van der Waals surface area contributed by atoms with Gasteiger partial charge in [-0.3, -0.25) is 18.6 Å². The molecule has 10 heteroatoms. The van der Waals surface area contributed by atoms with Crippen LogP contribution in [0.15, 0.2) is 60.8 Å². The van der Waals surface area contributed by atoms with E-state index in [0.29, 0.717) is 13.0 Å². The molecule has 0 aliphatic rings. The second kappa shape index (κ2) is 45.7. The molecule has 61 heavy (non-hydrogen) atoms. The Balaban J connectivity index is 4.29. The van der Waals surface area contributed by atoms with Crippen LogP contribution in [0.25, 0.3) is 0 Å². The topological polar surface area (TPSA) is 112 Å². The third kappa shape index (κ3) is 47.0. The molecule has 2 unspecified atom stereocenters. The highest BCUT2D eigenvalue weighted by Crippen LogP contribution is 2.43. The summed E-state index contributed by atoms with van der Waals surface area (Å²) in [6, 6.07) is 0. The molecule has 0 aromatic heterocycles. The van der Waals surface area contributed by atoms with Crippen molar-refractivity contribution in [1.82, 2.24) is 4.90 Å². The van der Waals surface area contributed by atoms with E-state index in [1.807, 2.05) is 19.0 Å². The smallest absolute Gasteiger partial charge is 0.462 e. The highest BCUT2D eigenvalue weighted by Gasteiger charge is 2.26. The van der Waals surface area contributed by atoms with Gasteiger partial charge in [-0.25, -0.2) is 4.57 Å². The Labute approximate surface area is 374 Å². The third-order valence-electron chi connectivity index (χ3n) is 10.3. The van der Waals surface area contributed by atoms with Crippen molar-refractivity contribution in [2.45, 2.75) is 213 Å². The van der Waals surface area contributed by atoms with E-state index in [2.05, 4.69) is 74.6 Å². The fraction of sp³-hybridized carbons (Fsp3) is 0.765. The van der Waals surface area contributed by atoms with E-state index in [9.17, 15) is 19.0 Å². The lowest BCUT2D eigenvalue weighted by atomic mass is 10.1. The summed E-state index contributed by atoms with van der Waals surface area (Å²) in [4.78, 5) is 37.2. The predicted molar refractivity (Wildman–Crippen MR) is 257 cm³/mol. The summed E-state index contributed by atoms with van der Waals surface area (Å²) in [7, 11) is -0.735. The molecule has 0 aromatic rings. The molecule has 9 nitrogen and oxygen atoms in total. The number of phosphoric ester groups is 1. The monoisotopic (exact) mass is 878 g/mol. The summed E-state index contributed by atoms with van der Waals surface area (Å²) in [6.45, 7) is 4.26. The zero-order valence-electron chi connectivity index (χ0n) is 39.6. The second-order valence-corrected chi connectivity index (χ2v) is 18.1. The fourth-order valence-corrected chi connectivity index (χ4v) is 7.23. The number of phosphoric acid groups is 1. The van der Waals surface area contributed by atoms with Gasteiger partial charge in [0.1, 0.15) is 6.61 Å². The van der Waals surface area contributed by atoms with Gasteiger partial charge in [-0.1, -0.05) is 171 Å². The number of carbonyl (C=O) groups is 2. The van der Waals surface area contributed by atoms with Gasteiger partial charge in [0.05, 0.1) is 13.2 Å². The van der Waals surface area contributed by atoms with Gasteiger partial charge in [0.2, 0.25) is 0 Å². The van der Waals surface area contributed by atoms with Crippen LogP contribution in [0.3, 0.4) is 0 Å². The number of allylic oxidation sites excluding steroid dienone is 10. The number of nitrogens with zero attached hydrogens (tertiary/aromatic N) is 1. The summed E-state index contributed by atoms with van der Waals surface area (Å²) in [5.74, 6) is -0.840. The number of hydrogen-bond acceptors (Lipinski definition) is 8. The Hall–Kier alpha value is -2.29. The van der Waals surface area contributed by atoms with Crippen molar-refractivity contribution < 1.29 is 37.6 Å². The van der Waals surface area contributed by atoms with E-state index in [4.69, 9.17) is 18.5 Å². The Morgan fingerprint density at radius 1 is 0.508 bits per heavy atom. The van der Waals surface area contributed by atoms with Crippen molar-refractivity contribution in [2.75, 3.05) is 40.5 Å². The van der Waals surface area contributed by atoms with Crippen LogP contribution in [0, 0.1) is 0 Å². The first-order valence-electron chi connectivity index (χ1n) is 24.6. The largest absolute Gasteiger partial charge is 0.472 e. The number of carbonyl (C=O) groups excluding carboxylic acids is 2. The van der Waals surface area contributed by atoms with Crippen LogP contribution in [-0.2, 0) is 32.7 Å². The van der Waals surface area contributed by atoms with Gasteiger partial charge in [-0.15, -0.1) is 0 Å². The quantitative estimate of drug-likeness (QED) is 0.0277. The number of unbranched alkanes of at least 4 members (excludes halogenated alkanes) is 21. The van der Waals surface area contributed by atoms with Crippen LogP contribution in [-0.4, -0.2) is 68.3 Å². The molecule has 0 aliphatic carbocycles. The van der Waals surface area contributed by atoms with Crippen LogP contribution in [0.1, 0.15) is 206 Å². The molecule has 0 fully saturated rings. The first kappa shape index (κ1) is 58.7. The van der Waals surface area contributed by atoms with E-state index in [0.717, 1.165) is 57.8 Å². The van der Waals surface area contributed by atoms with Crippen molar-refractivity contribution in [2.24, 2.45) is 0 Å². The average molecular weight is 878 g/mol. The molecule has 1 N–H and O–H groups in total. The first-order valence-corrected chi connectivity index (χ1v) is 26.1. The highest BCUT2D eigenvalue weighted by molar-refractivity contribution is 7.47. The van der Waals surface area contributed by atoms with Crippen LogP contribution >= 0.6 is 7.82 Å². The van der Waals surface area contributed by atoms with E-state index in [-0.39, 0.29) is 32.0 Å². The molecule has 0 heterocycles. The summed E-state index contributed by atoms with van der Waals surface area (Å²) in [5, 5.41) is 0. The van der Waals surface area contributed by atoms with E-state index >= 15 is 0 Å². The minimum Gasteiger partial charge on any atom is -0.462 e. The Morgan fingerprint density at radius 2 is 0.885 bits per heavy atom. The Kier molecular flexibility index (Phi) is 44.0. The third-order valence-corrected chi connectivity index (χ3v) is 11.3. The highest BCUT2D eigenvalue weighted by atomic mass is 31.2. The average Bonchev–Trinajstić information content (AvgIpc) is 3.23. The maximum atomic E-state index is 12.7. The predicted octanol–water partition coefficient (Wildman–Crippen LogP) is 14.7. The van der Waals surface area contributed by atoms with Crippen molar-refractivity contribution in [3.63, 3.8) is 0 Å². The van der Waals surface area contributed by atoms with Gasteiger partial charge < -0.3 is 19.3 Å². The summed E-state index contributed by atoms with van der Waals surface area (Å²) < 4.78 is 33.5. The molecule has 0 spiro atoms. The number of ether oxygens (including phenoxy) is 2. The number of esters is 2. The van der Waals surface area contributed by atoms with Crippen molar-refractivity contribution >= 4 is 19.8 Å². The summed E-state index contributed by atoms with van der Waals surface area (Å²) in [5.41, 5.74) is 0. The molecule has 0 radical (unpaired) electrons. The van der Waals surface area contributed by atoms with Crippen LogP contribution in [0.5, 0.6) is 0 Å². The standard InChI is InChI=1S/C51H92NO8P/c1-5-7-9-11-13-15-17-19-21-23-25-27-29-31-33-35-37-39-41-43-50(53)57-47-49(48-59-61(55,56)58-46-45-52(3)4)60-51(54)44-42-40-38-36-34-32-30-28-26-24-22-20-18-16-14-12-10-8-6-2/h14,16,19-22,26,28,32,34,49H,5-13,15,17-18,23-25,27,29-31,33,35-48H2,1-4H3,(H,55,56)/b16-14-,21-19-,22-20-,28-26-,34-32-. The Bertz CT molecular complexity index is 1200. The molecule has 354 valence electrons. The second-order valence-electron chi connectivity index (χ2n) is 16.6. The fourth-order valence-electron chi connectivity index (χ4n) is 6.49. The molecular formula is C51H92NO8P. The van der Waals surface area contributed by atoms with Gasteiger partial charge >= 0.3 is 19.8 Å². The molecule has 0 saturated carbocycles. The van der Waals surface area contributed by atoms with Gasteiger partial charge in [-0.05, 0) is 97.6 Å². The summed E-state index contributed by atoms with van der Waals surface area (Å²) >= 11 is 0. The van der Waals surface area contributed by atoms with Gasteiger partial charge in [0, 0.05) is 19.4 Å². The maximum Gasteiger partial charge on any atom is 0.472 e. The SMILES string of the molecule is CCCCC/C=C\C/C=C\C/C=C\C/C=C\CCCCCC(=O)OC(COC(=O)CCCCCCCCCCC/C=C\CCCCCCCC)COP(=O)(O)OCCN(C)C. The van der Waals surface area contributed by atoms with Crippen LogP contribution < -0.4 is 0 Å². The zero-order valence-corrected chi connectivity index (χ0v) is 40.5. The lowest BCUT2D eigenvalue weighted by Gasteiger charge is -2.20. The first-order chi connectivity index (χ1) is 29.7. The van der Waals surface area contributed by atoms with Crippen molar-refractivity contribution in [3.05, 3.63) is 60.8 Å². The molecule has 0 aliphatic heterocycles. The lowest BCUT2D eigenvalue weighted by molar-refractivity contribution is -0.161. The normalized spacial score (nSPS) is 13.8. The lowest BCUT2D eigenvalue weighted by Crippen LogP contribution is -2.29. The molecular weight excluding hydrogens is 786 g/mol. The van der Waals surface area contributed by atoms with Gasteiger partial charge in [0.15, 0.2) is 6.10 Å². The van der Waals surface area contributed by atoms with Crippen molar-refractivity contribution in [1.29, 1.82) is 0 Å².